The summed E-state index contributed by atoms with van der Waals surface area (Å²) < 4.78 is 18.4. The van der Waals surface area contributed by atoms with E-state index in [2.05, 4.69) is 14.7 Å². The Morgan fingerprint density at radius 1 is 1.33 bits per heavy atom. The summed E-state index contributed by atoms with van der Waals surface area (Å²) in [5, 5.41) is -0.135. The van der Waals surface area contributed by atoms with Crippen LogP contribution in [0.2, 0.25) is 10.0 Å². The third-order valence-corrected chi connectivity index (χ3v) is 3.50. The molecule has 0 bridgehead atoms. The van der Waals surface area contributed by atoms with Gasteiger partial charge in [0.15, 0.2) is 11.5 Å². The quantitative estimate of drug-likeness (QED) is 0.855. The third-order valence-electron chi connectivity index (χ3n) is 2.84. The van der Waals surface area contributed by atoms with E-state index in [4.69, 9.17) is 28.9 Å². The molecule has 8 heteroatoms. The zero-order valence-corrected chi connectivity index (χ0v) is 12.6. The number of rotatable bonds is 2. The average molecular weight is 330 g/mol. The predicted molar refractivity (Wildman–Crippen MR) is 77.9 cm³/mol. The highest BCUT2D eigenvalue weighted by atomic mass is 35.5. The number of aromatic nitrogens is 2. The number of nitrogens with two attached hydrogens (primary N) is 1. The second-order valence-corrected chi connectivity index (χ2v) is 4.91. The van der Waals surface area contributed by atoms with Crippen LogP contribution in [0.3, 0.4) is 0 Å². The molecule has 1 aromatic heterocycles. The molecule has 0 aliphatic rings. The van der Waals surface area contributed by atoms with Crippen LogP contribution in [0.5, 0.6) is 0 Å². The summed E-state index contributed by atoms with van der Waals surface area (Å²) >= 11 is 11.6. The van der Waals surface area contributed by atoms with Gasteiger partial charge in [0.1, 0.15) is 16.7 Å². The summed E-state index contributed by atoms with van der Waals surface area (Å²) in [6, 6.07) is 2.90. The largest absolute Gasteiger partial charge is 0.464 e. The fourth-order valence-corrected chi connectivity index (χ4v) is 2.08. The molecular weight excluding hydrogens is 320 g/mol. The number of esters is 1. The van der Waals surface area contributed by atoms with Crippen LogP contribution in [-0.2, 0) is 4.74 Å². The summed E-state index contributed by atoms with van der Waals surface area (Å²) in [6.07, 6.45) is 0. The monoisotopic (exact) mass is 329 g/mol. The predicted octanol–water partition coefficient (Wildman–Crippen LogP) is 3.27. The Hall–Kier alpha value is -1.92. The molecule has 0 aliphatic heterocycles. The summed E-state index contributed by atoms with van der Waals surface area (Å²) in [4.78, 5) is 19.6. The van der Waals surface area contributed by atoms with Crippen LogP contribution in [0.15, 0.2) is 12.1 Å². The van der Waals surface area contributed by atoms with E-state index < -0.39 is 11.8 Å². The Morgan fingerprint density at radius 3 is 2.62 bits per heavy atom. The zero-order valence-electron chi connectivity index (χ0n) is 11.1. The third kappa shape index (κ3) is 2.77. The summed E-state index contributed by atoms with van der Waals surface area (Å²) in [5.74, 6) is -1.39. The van der Waals surface area contributed by atoms with Gasteiger partial charge in [-0.2, -0.15) is 0 Å². The molecule has 0 saturated carbocycles. The van der Waals surface area contributed by atoms with E-state index >= 15 is 0 Å². The number of carbonyl (C=O) groups excluding carboxylic acids is 1. The molecule has 1 aromatic carbocycles. The van der Waals surface area contributed by atoms with Gasteiger partial charge in [-0.1, -0.05) is 23.2 Å². The number of carbonyl (C=O) groups is 1. The second kappa shape index (κ2) is 5.83. The first-order valence-electron chi connectivity index (χ1n) is 5.73. The Bertz CT molecular complexity index is 738. The maximum absolute atomic E-state index is 13.8. The number of nitrogens with zero attached hydrogens (tertiary/aromatic N) is 2. The topological polar surface area (TPSA) is 78.1 Å². The van der Waals surface area contributed by atoms with Crippen LogP contribution in [0.25, 0.3) is 11.4 Å². The van der Waals surface area contributed by atoms with Crippen LogP contribution >= 0.6 is 23.2 Å². The Balaban J connectivity index is 2.68. The molecule has 0 fully saturated rings. The van der Waals surface area contributed by atoms with Crippen molar-refractivity contribution in [3.05, 3.63) is 39.3 Å². The molecule has 0 radical (unpaired) electrons. The van der Waals surface area contributed by atoms with Gasteiger partial charge in [0.2, 0.25) is 0 Å². The zero-order chi connectivity index (χ0) is 15.7. The van der Waals surface area contributed by atoms with Crippen molar-refractivity contribution in [2.75, 3.05) is 12.8 Å². The van der Waals surface area contributed by atoms with Gasteiger partial charge >= 0.3 is 5.97 Å². The molecule has 21 heavy (non-hydrogen) atoms. The van der Waals surface area contributed by atoms with E-state index in [0.717, 1.165) is 0 Å². The van der Waals surface area contributed by atoms with Gasteiger partial charge in [-0.05, 0) is 24.6 Å². The summed E-state index contributed by atoms with van der Waals surface area (Å²) in [6.45, 7) is 1.52. The minimum absolute atomic E-state index is 0.0219. The first kappa shape index (κ1) is 15.5. The Morgan fingerprint density at radius 2 is 2.00 bits per heavy atom. The van der Waals surface area contributed by atoms with E-state index in [1.54, 1.807) is 0 Å². The van der Waals surface area contributed by atoms with Crippen molar-refractivity contribution in [3.63, 3.8) is 0 Å². The van der Waals surface area contributed by atoms with E-state index in [0.29, 0.717) is 5.56 Å². The summed E-state index contributed by atoms with van der Waals surface area (Å²) in [7, 11) is 1.18. The molecule has 2 rings (SSSR count). The fraction of sp³-hybridized carbons (Fsp3) is 0.154. The van der Waals surface area contributed by atoms with E-state index in [-0.39, 0.29) is 32.9 Å². The first-order valence-corrected chi connectivity index (χ1v) is 6.48. The number of halogens is 3. The fourth-order valence-electron chi connectivity index (χ4n) is 1.71. The number of anilines is 1. The van der Waals surface area contributed by atoms with Crippen LogP contribution in [0.1, 0.15) is 16.1 Å². The van der Waals surface area contributed by atoms with Crippen molar-refractivity contribution < 1.29 is 13.9 Å². The average Bonchev–Trinajstić information content (AvgIpc) is 2.47. The van der Waals surface area contributed by atoms with Crippen LogP contribution < -0.4 is 5.73 Å². The van der Waals surface area contributed by atoms with E-state index in [1.807, 2.05) is 0 Å². The van der Waals surface area contributed by atoms with E-state index in [1.165, 1.54) is 26.2 Å². The molecule has 5 nitrogen and oxygen atoms in total. The van der Waals surface area contributed by atoms with Crippen molar-refractivity contribution >= 4 is 35.0 Å². The highest BCUT2D eigenvalue weighted by molar-refractivity contribution is 6.35. The highest BCUT2D eigenvalue weighted by Gasteiger charge is 2.20. The van der Waals surface area contributed by atoms with Gasteiger partial charge < -0.3 is 10.5 Å². The molecule has 0 amide bonds. The molecule has 0 atom stereocenters. The minimum atomic E-state index is -0.762. The van der Waals surface area contributed by atoms with Crippen LogP contribution in [0, 0.1) is 12.7 Å². The van der Waals surface area contributed by atoms with Crippen molar-refractivity contribution in [2.45, 2.75) is 6.92 Å². The minimum Gasteiger partial charge on any atom is -0.464 e. The molecule has 2 aromatic rings. The Labute approximate surface area is 129 Å². The highest BCUT2D eigenvalue weighted by Crippen LogP contribution is 2.30. The molecule has 0 spiro atoms. The number of ether oxygens (including phenoxy) is 1. The Kier molecular flexibility index (Phi) is 4.29. The lowest BCUT2D eigenvalue weighted by atomic mass is 10.1. The van der Waals surface area contributed by atoms with Gasteiger partial charge in [-0.3, -0.25) is 0 Å². The van der Waals surface area contributed by atoms with Crippen molar-refractivity contribution in [3.8, 4) is 11.4 Å². The van der Waals surface area contributed by atoms with Gasteiger partial charge in [0, 0.05) is 5.56 Å². The standard InChI is InChI=1S/C13H10Cl2FN3O2/c1-5-6(3-4-7(14)9(5)16)12-18-10(13(20)21-2)8(15)11(17)19-12/h3-4H,1-2H3,(H2,17,18,19). The van der Waals surface area contributed by atoms with Gasteiger partial charge in [-0.25, -0.2) is 19.2 Å². The molecule has 0 saturated heterocycles. The van der Waals surface area contributed by atoms with E-state index in [9.17, 15) is 9.18 Å². The first-order chi connectivity index (χ1) is 9.86. The van der Waals surface area contributed by atoms with Gasteiger partial charge in [0.25, 0.3) is 0 Å². The second-order valence-electron chi connectivity index (χ2n) is 4.12. The van der Waals surface area contributed by atoms with Crippen molar-refractivity contribution in [1.82, 2.24) is 9.97 Å². The van der Waals surface area contributed by atoms with Gasteiger partial charge in [0.05, 0.1) is 12.1 Å². The molecule has 0 aliphatic carbocycles. The number of methoxy groups -OCH3 is 1. The SMILES string of the molecule is COC(=O)c1nc(-c2ccc(Cl)c(F)c2C)nc(N)c1Cl. The molecular formula is C13H10Cl2FN3O2. The maximum Gasteiger partial charge on any atom is 0.358 e. The number of nitrogen functional groups attached to an aromatic ring is 1. The van der Waals surface area contributed by atoms with Crippen LogP contribution in [-0.4, -0.2) is 23.0 Å². The van der Waals surface area contributed by atoms with Crippen molar-refractivity contribution in [1.29, 1.82) is 0 Å². The maximum atomic E-state index is 13.8. The van der Waals surface area contributed by atoms with Gasteiger partial charge in [-0.15, -0.1) is 0 Å². The number of hydrogen-bond acceptors (Lipinski definition) is 5. The lowest BCUT2D eigenvalue weighted by molar-refractivity contribution is 0.0594. The molecule has 110 valence electrons. The lowest BCUT2D eigenvalue weighted by Crippen LogP contribution is -2.10. The smallest absolute Gasteiger partial charge is 0.358 e. The summed E-state index contributed by atoms with van der Waals surface area (Å²) in [5.41, 5.74) is 6.06. The number of benzene rings is 1. The normalized spacial score (nSPS) is 10.5. The lowest BCUT2D eigenvalue weighted by Gasteiger charge is -2.10. The van der Waals surface area contributed by atoms with Crippen molar-refractivity contribution in [2.24, 2.45) is 0 Å². The number of hydrogen-bond donors (Lipinski definition) is 1. The molecule has 2 N–H and O–H groups in total. The molecule has 1 heterocycles. The van der Waals surface area contributed by atoms with Crippen LogP contribution in [0.4, 0.5) is 10.2 Å². The molecule has 0 unspecified atom stereocenters.